The van der Waals surface area contributed by atoms with Gasteiger partial charge in [-0.15, -0.1) is 11.3 Å². The molecule has 0 atom stereocenters. The fraction of sp³-hybridized carbons (Fsp3) is 0.385. The van der Waals surface area contributed by atoms with E-state index in [0.29, 0.717) is 10.2 Å². The van der Waals surface area contributed by atoms with Gasteiger partial charge in [0.1, 0.15) is 9.71 Å². The average molecular weight is 315 g/mol. The number of thiophene rings is 1. The number of hydrogen-bond donors (Lipinski definition) is 2. The largest absolute Gasteiger partial charge is 0.397 e. The quantitative estimate of drug-likeness (QED) is 0.883. The molecule has 0 fully saturated rings. The molecule has 1 amide bonds. The third-order valence-electron chi connectivity index (χ3n) is 2.94. The summed E-state index contributed by atoms with van der Waals surface area (Å²) in [7, 11) is 0. The number of carbonyl (C=O) groups excluding carboxylic acids is 1. The summed E-state index contributed by atoms with van der Waals surface area (Å²) >= 11 is 1.07. The zero-order chi connectivity index (χ0) is 15.6. The third-order valence-corrected chi connectivity index (χ3v) is 4.05. The maximum absolute atomic E-state index is 12.5. The summed E-state index contributed by atoms with van der Waals surface area (Å²) in [6, 6.07) is 3.52. The molecule has 8 heteroatoms. The maximum Gasteiger partial charge on any atom is 0.266 e. The Morgan fingerprint density at radius 3 is 2.86 bits per heavy atom. The molecule has 0 unspecified atom stereocenters. The Bertz CT molecular complexity index is 660. The van der Waals surface area contributed by atoms with Crippen LogP contribution in [0, 0.1) is 6.92 Å². The van der Waals surface area contributed by atoms with Crippen LogP contribution in [0.1, 0.15) is 15.4 Å². The number of nitrogens with two attached hydrogens (primary N) is 1. The summed E-state index contributed by atoms with van der Waals surface area (Å²) in [6.45, 7) is 0.523. The van der Waals surface area contributed by atoms with E-state index < -0.39 is 18.9 Å². The monoisotopic (exact) mass is 315 g/mol. The summed E-state index contributed by atoms with van der Waals surface area (Å²) in [5, 5.41) is 9.55. The van der Waals surface area contributed by atoms with E-state index in [1.807, 2.05) is 6.92 Å². The van der Waals surface area contributed by atoms with Crippen LogP contribution in [0.4, 0.5) is 14.5 Å². The van der Waals surface area contributed by atoms with Gasteiger partial charge >= 0.3 is 0 Å². The van der Waals surface area contributed by atoms with E-state index in [0.717, 1.165) is 21.9 Å². The topological polar surface area (TPSA) is 79.5 Å². The molecule has 2 aromatic rings. The molecule has 3 N–H and O–H groups in total. The molecule has 2 heterocycles. The van der Waals surface area contributed by atoms with Crippen molar-refractivity contribution in [2.24, 2.45) is 0 Å². The lowest BCUT2D eigenvalue weighted by atomic mass is 10.2. The molecule has 0 aromatic carbocycles. The van der Waals surface area contributed by atoms with Gasteiger partial charge in [-0.3, -0.25) is 4.79 Å². The smallest absolute Gasteiger partial charge is 0.266 e. The van der Waals surface area contributed by atoms with E-state index >= 15 is 0 Å². The maximum atomic E-state index is 12.5. The third kappa shape index (κ3) is 3.27. The van der Waals surface area contributed by atoms with E-state index in [1.165, 1.54) is 0 Å². The summed E-state index contributed by atoms with van der Waals surface area (Å²) < 4.78 is 25.1. The van der Waals surface area contributed by atoms with E-state index in [1.54, 1.807) is 12.1 Å². The second-order valence-electron chi connectivity index (χ2n) is 4.52. The lowest BCUT2D eigenvalue weighted by molar-refractivity contribution is 0.0514. The van der Waals surface area contributed by atoms with E-state index in [4.69, 9.17) is 10.8 Å². The molecule has 0 bridgehead atoms. The first kappa shape index (κ1) is 15.6. The zero-order valence-corrected chi connectivity index (χ0v) is 12.2. The number of aryl methyl sites for hydroxylation is 1. The first-order valence-corrected chi connectivity index (χ1v) is 7.09. The van der Waals surface area contributed by atoms with Crippen LogP contribution in [0.25, 0.3) is 10.2 Å². The van der Waals surface area contributed by atoms with Gasteiger partial charge in [0.25, 0.3) is 12.3 Å². The van der Waals surface area contributed by atoms with Crippen LogP contribution < -0.4 is 5.73 Å². The van der Waals surface area contributed by atoms with Gasteiger partial charge in [-0.05, 0) is 19.1 Å². The molecule has 0 aliphatic carbocycles. The minimum Gasteiger partial charge on any atom is -0.397 e. The van der Waals surface area contributed by atoms with Crippen molar-refractivity contribution in [1.82, 2.24) is 9.88 Å². The number of fused-ring (bicyclic) bond motifs is 1. The molecule has 2 aromatic heterocycles. The first-order valence-electron chi connectivity index (χ1n) is 6.28. The van der Waals surface area contributed by atoms with Gasteiger partial charge in [0.05, 0.1) is 18.8 Å². The fourth-order valence-corrected chi connectivity index (χ4v) is 3.06. The molecule has 0 radical (unpaired) electrons. The highest BCUT2D eigenvalue weighted by molar-refractivity contribution is 7.21. The van der Waals surface area contributed by atoms with Crippen LogP contribution >= 0.6 is 11.3 Å². The summed E-state index contributed by atoms with van der Waals surface area (Å²) in [4.78, 5) is 18.3. The Hall–Kier alpha value is -1.80. The number of anilines is 1. The van der Waals surface area contributed by atoms with Crippen LogP contribution in [0.2, 0.25) is 0 Å². The Labute approximate surface area is 124 Å². The van der Waals surface area contributed by atoms with Crippen LogP contribution in [0.5, 0.6) is 0 Å². The number of nitrogens with zero attached hydrogens (tertiary/aromatic N) is 2. The van der Waals surface area contributed by atoms with Gasteiger partial charge in [0.2, 0.25) is 0 Å². The van der Waals surface area contributed by atoms with Gasteiger partial charge in [0, 0.05) is 17.6 Å². The molecule has 0 aliphatic rings. The average Bonchev–Trinajstić information content (AvgIpc) is 2.73. The predicted molar refractivity (Wildman–Crippen MR) is 77.8 cm³/mol. The second kappa shape index (κ2) is 6.31. The van der Waals surface area contributed by atoms with Crippen LogP contribution in [-0.4, -0.2) is 47.0 Å². The van der Waals surface area contributed by atoms with E-state index in [9.17, 15) is 13.6 Å². The van der Waals surface area contributed by atoms with Crippen molar-refractivity contribution in [3.05, 3.63) is 22.7 Å². The number of hydrogen-bond acceptors (Lipinski definition) is 5. The molecule has 114 valence electrons. The minimum atomic E-state index is -2.67. The molecule has 0 spiro atoms. The van der Waals surface area contributed by atoms with E-state index in [-0.39, 0.29) is 23.7 Å². The van der Waals surface area contributed by atoms with Crippen molar-refractivity contribution in [3.8, 4) is 0 Å². The SMILES string of the molecule is Cc1ccc2c(N)c(C(=O)N(CCO)CC(F)F)sc2n1. The lowest BCUT2D eigenvalue weighted by Crippen LogP contribution is -2.37. The second-order valence-corrected chi connectivity index (χ2v) is 5.52. The number of amides is 1. The van der Waals surface area contributed by atoms with Crippen molar-refractivity contribution < 1.29 is 18.7 Å². The number of rotatable bonds is 5. The molecular weight excluding hydrogens is 300 g/mol. The summed E-state index contributed by atoms with van der Waals surface area (Å²) in [5.41, 5.74) is 6.95. The Kier molecular flexibility index (Phi) is 4.69. The Morgan fingerprint density at radius 2 is 2.24 bits per heavy atom. The fourth-order valence-electron chi connectivity index (χ4n) is 1.96. The molecular formula is C13H15F2N3O2S. The highest BCUT2D eigenvalue weighted by atomic mass is 32.1. The highest BCUT2D eigenvalue weighted by Gasteiger charge is 2.24. The van der Waals surface area contributed by atoms with Crippen molar-refractivity contribution in [3.63, 3.8) is 0 Å². The Balaban J connectivity index is 2.39. The van der Waals surface area contributed by atoms with Gasteiger partial charge in [-0.1, -0.05) is 0 Å². The van der Waals surface area contributed by atoms with Gasteiger partial charge in [-0.25, -0.2) is 13.8 Å². The highest BCUT2D eigenvalue weighted by Crippen LogP contribution is 2.33. The van der Waals surface area contributed by atoms with Crippen LogP contribution in [0.15, 0.2) is 12.1 Å². The number of nitrogen functional groups attached to an aromatic ring is 1. The number of aliphatic hydroxyl groups excluding tert-OH is 1. The normalized spacial score (nSPS) is 11.3. The summed E-state index contributed by atoms with van der Waals surface area (Å²) in [5.74, 6) is -0.609. The van der Waals surface area contributed by atoms with Gasteiger partial charge in [-0.2, -0.15) is 0 Å². The number of pyridine rings is 1. The zero-order valence-electron chi connectivity index (χ0n) is 11.3. The Morgan fingerprint density at radius 1 is 1.52 bits per heavy atom. The van der Waals surface area contributed by atoms with Crippen molar-refractivity contribution in [2.45, 2.75) is 13.3 Å². The van der Waals surface area contributed by atoms with Crippen molar-refractivity contribution in [2.75, 3.05) is 25.4 Å². The number of aliphatic hydroxyl groups is 1. The summed E-state index contributed by atoms with van der Waals surface area (Å²) in [6.07, 6.45) is -2.67. The van der Waals surface area contributed by atoms with Gasteiger partial charge in [0.15, 0.2) is 0 Å². The first-order chi connectivity index (χ1) is 9.93. The van der Waals surface area contributed by atoms with Crippen molar-refractivity contribution >= 4 is 33.1 Å². The molecule has 0 aliphatic heterocycles. The molecule has 2 rings (SSSR count). The lowest BCUT2D eigenvalue weighted by Gasteiger charge is -2.20. The molecule has 5 nitrogen and oxygen atoms in total. The number of carbonyl (C=O) groups is 1. The van der Waals surface area contributed by atoms with Gasteiger partial charge < -0.3 is 15.7 Å². The van der Waals surface area contributed by atoms with Crippen LogP contribution in [0.3, 0.4) is 0 Å². The molecule has 0 saturated carbocycles. The number of alkyl halides is 2. The standard InChI is InChI=1S/C13H15F2N3O2S/c1-7-2-3-8-10(16)11(21-12(8)17-7)13(20)18(4-5-19)6-9(14)15/h2-3,9,19H,4-6,16H2,1H3. The van der Waals surface area contributed by atoms with Crippen LogP contribution in [-0.2, 0) is 0 Å². The number of aromatic nitrogens is 1. The minimum absolute atomic E-state index is 0.163. The van der Waals surface area contributed by atoms with Crippen molar-refractivity contribution in [1.29, 1.82) is 0 Å². The molecule has 21 heavy (non-hydrogen) atoms. The number of halogens is 2. The molecule has 0 saturated heterocycles. The van der Waals surface area contributed by atoms with E-state index in [2.05, 4.69) is 4.98 Å². The predicted octanol–water partition coefficient (Wildman–Crippen LogP) is 1.89.